The maximum Gasteiger partial charge on any atom is 0.523 e. The average Bonchev–Trinajstić information content (AvgIpc) is 2.88. The maximum absolute atomic E-state index is 12.5. The van der Waals surface area contributed by atoms with E-state index in [1.165, 1.54) is 61.6 Å². The third kappa shape index (κ3) is 7.73. The molecule has 0 fully saturated rings. The molecule has 0 aliphatic carbocycles. The van der Waals surface area contributed by atoms with Gasteiger partial charge in [-0.25, -0.2) is 4.18 Å². The van der Waals surface area contributed by atoms with E-state index in [1.807, 2.05) is 0 Å². The fourth-order valence-corrected chi connectivity index (χ4v) is 3.41. The van der Waals surface area contributed by atoms with Crippen molar-refractivity contribution in [2.24, 2.45) is 0 Å². The van der Waals surface area contributed by atoms with E-state index in [0.29, 0.717) is 6.54 Å². The van der Waals surface area contributed by atoms with Crippen LogP contribution in [0.1, 0.15) is 71.1 Å². The van der Waals surface area contributed by atoms with Crippen LogP contribution in [-0.4, -0.2) is 43.7 Å². The molecule has 0 amide bonds. The van der Waals surface area contributed by atoms with Crippen LogP contribution in [0, 0.1) is 0 Å². The third-order valence-electron chi connectivity index (χ3n) is 4.39. The monoisotopic (exact) mass is 400 g/mol. The fraction of sp³-hybridized carbons (Fsp3) is 0.882. The van der Waals surface area contributed by atoms with Crippen molar-refractivity contribution in [3.8, 4) is 0 Å². The Bertz CT molecular complexity index is 524. The summed E-state index contributed by atoms with van der Waals surface area (Å²) in [4.78, 5) is 2.79. The smallest absolute Gasteiger partial charge is 0.336 e. The Morgan fingerprint density at radius 3 is 1.92 bits per heavy atom. The van der Waals surface area contributed by atoms with Gasteiger partial charge >= 0.3 is 15.6 Å². The van der Waals surface area contributed by atoms with Gasteiger partial charge in [0.1, 0.15) is 0 Å². The van der Waals surface area contributed by atoms with E-state index in [-0.39, 0.29) is 0 Å². The standard InChI is InChI=1S/C17H31F3N2O3S/c1-3-4-5-6-7-8-9-10-11-12-13-22-15-14-21(2)16(22)25-26(23,24)17(18,19)20/h14-16H,3-13H2,1-2H3. The summed E-state index contributed by atoms with van der Waals surface area (Å²) in [7, 11) is -4.14. The number of halogens is 3. The Morgan fingerprint density at radius 1 is 0.923 bits per heavy atom. The molecule has 154 valence electrons. The van der Waals surface area contributed by atoms with Crippen LogP contribution in [0.2, 0.25) is 0 Å². The lowest BCUT2D eigenvalue weighted by atomic mass is 10.1. The van der Waals surface area contributed by atoms with Gasteiger partial charge in [-0.05, 0) is 6.42 Å². The molecule has 0 radical (unpaired) electrons. The summed E-state index contributed by atoms with van der Waals surface area (Å²) in [5.74, 6) is 0. The molecule has 0 aromatic rings. The molecule has 0 saturated carbocycles. The van der Waals surface area contributed by atoms with E-state index in [2.05, 4.69) is 11.1 Å². The molecule has 0 bridgehead atoms. The van der Waals surface area contributed by atoms with Crippen LogP contribution >= 0.6 is 0 Å². The van der Waals surface area contributed by atoms with Gasteiger partial charge in [-0.15, -0.1) is 0 Å². The molecule has 1 unspecified atom stereocenters. The Hall–Kier alpha value is -0.960. The minimum absolute atomic E-state index is 0.454. The second-order valence-corrected chi connectivity index (χ2v) is 8.27. The summed E-state index contributed by atoms with van der Waals surface area (Å²) >= 11 is 0. The lowest BCUT2D eigenvalue weighted by molar-refractivity contribution is -0.0769. The molecule has 1 atom stereocenters. The molecule has 0 saturated heterocycles. The van der Waals surface area contributed by atoms with E-state index in [1.54, 1.807) is 6.20 Å². The number of nitrogens with zero attached hydrogens (tertiary/aromatic N) is 2. The summed E-state index contributed by atoms with van der Waals surface area (Å²) in [6.07, 6.45) is 13.4. The molecular weight excluding hydrogens is 369 g/mol. The molecule has 1 rings (SSSR count). The number of hydrogen-bond donors (Lipinski definition) is 0. The van der Waals surface area contributed by atoms with E-state index in [0.717, 1.165) is 25.7 Å². The van der Waals surface area contributed by atoms with Crippen LogP contribution in [0.5, 0.6) is 0 Å². The maximum atomic E-state index is 12.5. The van der Waals surface area contributed by atoms with Crippen molar-refractivity contribution in [3.63, 3.8) is 0 Å². The molecule has 5 nitrogen and oxygen atoms in total. The molecule has 1 aliphatic heterocycles. The highest BCUT2D eigenvalue weighted by Crippen LogP contribution is 2.28. The Balaban J connectivity index is 2.24. The predicted octanol–water partition coefficient (Wildman–Crippen LogP) is 4.78. The lowest BCUT2D eigenvalue weighted by Gasteiger charge is -2.29. The third-order valence-corrected chi connectivity index (χ3v) is 5.38. The van der Waals surface area contributed by atoms with Crippen LogP contribution in [0.4, 0.5) is 13.2 Å². The van der Waals surface area contributed by atoms with E-state index < -0.39 is 22.0 Å². The molecule has 1 heterocycles. The Morgan fingerprint density at radius 2 is 1.42 bits per heavy atom. The molecular formula is C17H31F3N2O3S. The van der Waals surface area contributed by atoms with Gasteiger partial charge in [-0.2, -0.15) is 21.6 Å². The zero-order chi connectivity index (χ0) is 19.6. The summed E-state index contributed by atoms with van der Waals surface area (Å²) in [6, 6.07) is 0. The number of alkyl halides is 3. The SMILES string of the molecule is CCCCCCCCCCCCN1C=CN(C)C1OS(=O)(=O)C(F)(F)F. The first-order chi connectivity index (χ1) is 12.2. The number of unbranched alkanes of at least 4 members (excludes halogenated alkanes) is 9. The van der Waals surface area contributed by atoms with Crippen LogP contribution in [0.3, 0.4) is 0 Å². The molecule has 1 aliphatic rings. The van der Waals surface area contributed by atoms with Crippen LogP contribution in [0.15, 0.2) is 12.4 Å². The van der Waals surface area contributed by atoms with Crippen molar-refractivity contribution in [1.82, 2.24) is 9.80 Å². The van der Waals surface area contributed by atoms with Gasteiger partial charge in [0.15, 0.2) is 0 Å². The van der Waals surface area contributed by atoms with Gasteiger partial charge in [0, 0.05) is 26.0 Å². The first-order valence-electron chi connectivity index (χ1n) is 9.34. The van der Waals surface area contributed by atoms with Gasteiger partial charge in [-0.1, -0.05) is 64.7 Å². The molecule has 0 aromatic carbocycles. The quantitative estimate of drug-likeness (QED) is 0.253. The van der Waals surface area contributed by atoms with Gasteiger partial charge in [-0.3, -0.25) is 0 Å². The van der Waals surface area contributed by atoms with Gasteiger partial charge in [0.2, 0.25) is 6.35 Å². The highest BCUT2D eigenvalue weighted by atomic mass is 32.2. The summed E-state index contributed by atoms with van der Waals surface area (Å²) in [6.45, 7) is 2.65. The van der Waals surface area contributed by atoms with Crippen molar-refractivity contribution in [3.05, 3.63) is 12.4 Å². The van der Waals surface area contributed by atoms with E-state index in [9.17, 15) is 21.6 Å². The number of hydrogen-bond acceptors (Lipinski definition) is 5. The molecule has 9 heteroatoms. The topological polar surface area (TPSA) is 49.9 Å². The largest absolute Gasteiger partial charge is 0.523 e. The first-order valence-corrected chi connectivity index (χ1v) is 10.8. The summed E-state index contributed by atoms with van der Waals surface area (Å²) < 4.78 is 64.3. The molecule has 0 N–H and O–H groups in total. The molecule has 26 heavy (non-hydrogen) atoms. The second kappa shape index (κ2) is 11.0. The summed E-state index contributed by atoms with van der Waals surface area (Å²) in [5, 5.41) is 0. The highest BCUT2D eigenvalue weighted by molar-refractivity contribution is 7.87. The van der Waals surface area contributed by atoms with E-state index >= 15 is 0 Å². The first kappa shape index (κ1) is 23.1. The highest BCUT2D eigenvalue weighted by Gasteiger charge is 2.50. The number of rotatable bonds is 13. The fourth-order valence-electron chi connectivity index (χ4n) is 2.83. The molecule has 0 aromatic heterocycles. The Kier molecular flexibility index (Phi) is 9.78. The second-order valence-electron chi connectivity index (χ2n) is 6.71. The normalized spacial score (nSPS) is 18.1. The molecule has 0 spiro atoms. The van der Waals surface area contributed by atoms with Crippen LogP contribution in [0.25, 0.3) is 0 Å². The van der Waals surface area contributed by atoms with Crippen molar-refractivity contribution >= 4 is 10.1 Å². The predicted molar refractivity (Wildman–Crippen MR) is 95.3 cm³/mol. The van der Waals surface area contributed by atoms with Crippen molar-refractivity contribution in [2.75, 3.05) is 13.6 Å². The van der Waals surface area contributed by atoms with Gasteiger partial charge in [0.05, 0.1) is 0 Å². The van der Waals surface area contributed by atoms with E-state index in [4.69, 9.17) is 0 Å². The van der Waals surface area contributed by atoms with Crippen LogP contribution in [-0.2, 0) is 14.3 Å². The van der Waals surface area contributed by atoms with Crippen molar-refractivity contribution < 1.29 is 25.8 Å². The minimum atomic E-state index is -5.62. The van der Waals surface area contributed by atoms with Crippen molar-refractivity contribution in [1.29, 1.82) is 0 Å². The zero-order valence-corrected chi connectivity index (χ0v) is 16.5. The summed E-state index contributed by atoms with van der Waals surface area (Å²) in [5.41, 5.74) is -5.42. The minimum Gasteiger partial charge on any atom is -0.336 e. The zero-order valence-electron chi connectivity index (χ0n) is 15.7. The van der Waals surface area contributed by atoms with Crippen molar-refractivity contribution in [2.45, 2.75) is 83.0 Å². The average molecular weight is 401 g/mol. The Labute approximate surface area is 155 Å². The van der Waals surface area contributed by atoms with Crippen LogP contribution < -0.4 is 0 Å². The lowest BCUT2D eigenvalue weighted by Crippen LogP contribution is -2.43. The van der Waals surface area contributed by atoms with Gasteiger partial charge < -0.3 is 9.80 Å². The van der Waals surface area contributed by atoms with Gasteiger partial charge in [0.25, 0.3) is 0 Å².